The minimum absolute atomic E-state index is 0.00345. The highest BCUT2D eigenvalue weighted by atomic mass is 79.9. The highest BCUT2D eigenvalue weighted by molar-refractivity contribution is 9.10. The van der Waals surface area contributed by atoms with Crippen LogP contribution in [0.3, 0.4) is 0 Å². The first kappa shape index (κ1) is 14.0. The van der Waals surface area contributed by atoms with Gasteiger partial charge in [0.05, 0.1) is 6.54 Å². The number of benzene rings is 1. The van der Waals surface area contributed by atoms with Crippen LogP contribution in [0.4, 0.5) is 0 Å². The van der Waals surface area contributed by atoms with Gasteiger partial charge in [-0.3, -0.25) is 14.5 Å². The number of hydrogen-bond donors (Lipinski definition) is 1. The van der Waals surface area contributed by atoms with E-state index >= 15 is 0 Å². The van der Waals surface area contributed by atoms with Crippen molar-refractivity contribution >= 4 is 27.8 Å². The van der Waals surface area contributed by atoms with Crippen molar-refractivity contribution in [2.75, 3.05) is 32.7 Å². The summed E-state index contributed by atoms with van der Waals surface area (Å²) in [5.41, 5.74) is 0.654. The zero-order valence-corrected chi connectivity index (χ0v) is 12.0. The average Bonchev–Trinajstić information content (AvgIpc) is 2.38. The SMILES string of the molecule is O=C(O)CN1CCN(C(=O)c2cccc(Br)c2)CC1. The standard InChI is InChI=1S/C13H15BrN2O3/c14-11-3-1-2-10(8-11)13(19)16-6-4-15(5-7-16)9-12(17)18/h1-3,8H,4-7,9H2,(H,17,18). The molecule has 1 heterocycles. The molecule has 1 aliphatic heterocycles. The van der Waals surface area contributed by atoms with Crippen molar-refractivity contribution in [3.8, 4) is 0 Å². The fraction of sp³-hybridized carbons (Fsp3) is 0.385. The zero-order valence-electron chi connectivity index (χ0n) is 10.4. The van der Waals surface area contributed by atoms with Crippen LogP contribution < -0.4 is 0 Å². The Labute approximate surface area is 119 Å². The second-order valence-electron chi connectivity index (χ2n) is 4.47. The van der Waals surface area contributed by atoms with Gasteiger partial charge in [-0.25, -0.2) is 0 Å². The Bertz CT molecular complexity index is 485. The number of hydrogen-bond acceptors (Lipinski definition) is 3. The van der Waals surface area contributed by atoms with Crippen LogP contribution in [-0.4, -0.2) is 59.5 Å². The summed E-state index contributed by atoms with van der Waals surface area (Å²) in [7, 11) is 0. The Morgan fingerprint density at radius 2 is 1.89 bits per heavy atom. The van der Waals surface area contributed by atoms with E-state index in [2.05, 4.69) is 15.9 Å². The van der Waals surface area contributed by atoms with E-state index in [4.69, 9.17) is 5.11 Å². The van der Waals surface area contributed by atoms with E-state index in [0.717, 1.165) is 4.47 Å². The smallest absolute Gasteiger partial charge is 0.317 e. The molecule has 0 aliphatic carbocycles. The van der Waals surface area contributed by atoms with E-state index in [9.17, 15) is 9.59 Å². The average molecular weight is 327 g/mol. The van der Waals surface area contributed by atoms with Crippen molar-refractivity contribution in [3.05, 3.63) is 34.3 Å². The summed E-state index contributed by atoms with van der Waals surface area (Å²) in [6, 6.07) is 7.29. The summed E-state index contributed by atoms with van der Waals surface area (Å²) in [4.78, 5) is 26.5. The van der Waals surface area contributed by atoms with Gasteiger partial charge in [0.15, 0.2) is 0 Å². The van der Waals surface area contributed by atoms with E-state index in [1.807, 2.05) is 17.0 Å². The maximum absolute atomic E-state index is 12.3. The predicted octanol–water partition coefficient (Wildman–Crippen LogP) is 1.29. The lowest BCUT2D eigenvalue weighted by molar-refractivity contribution is -0.138. The van der Waals surface area contributed by atoms with Crippen LogP contribution in [0.1, 0.15) is 10.4 Å². The fourth-order valence-corrected chi connectivity index (χ4v) is 2.50. The van der Waals surface area contributed by atoms with E-state index in [-0.39, 0.29) is 12.5 Å². The number of carbonyl (C=O) groups excluding carboxylic acids is 1. The predicted molar refractivity (Wildman–Crippen MR) is 74.1 cm³/mol. The van der Waals surface area contributed by atoms with Crippen LogP contribution in [0.2, 0.25) is 0 Å². The summed E-state index contributed by atoms with van der Waals surface area (Å²) in [6.45, 7) is 2.38. The maximum atomic E-state index is 12.3. The molecule has 0 atom stereocenters. The number of halogens is 1. The van der Waals surface area contributed by atoms with E-state index in [1.54, 1.807) is 17.0 Å². The van der Waals surface area contributed by atoms with Crippen molar-refractivity contribution < 1.29 is 14.7 Å². The number of carboxylic acids is 1. The van der Waals surface area contributed by atoms with Gasteiger partial charge in [-0.2, -0.15) is 0 Å². The molecule has 1 fully saturated rings. The van der Waals surface area contributed by atoms with Crippen LogP contribution in [0, 0.1) is 0 Å². The topological polar surface area (TPSA) is 60.9 Å². The van der Waals surface area contributed by atoms with Crippen LogP contribution in [0.15, 0.2) is 28.7 Å². The highest BCUT2D eigenvalue weighted by Gasteiger charge is 2.23. The van der Waals surface area contributed by atoms with Gasteiger partial charge in [-0.15, -0.1) is 0 Å². The molecule has 2 rings (SSSR count). The largest absolute Gasteiger partial charge is 0.480 e. The molecule has 19 heavy (non-hydrogen) atoms. The number of piperazine rings is 1. The van der Waals surface area contributed by atoms with Gasteiger partial charge < -0.3 is 10.0 Å². The first-order valence-electron chi connectivity index (χ1n) is 6.05. The molecule has 0 aromatic heterocycles. The van der Waals surface area contributed by atoms with Gasteiger partial charge in [0, 0.05) is 36.2 Å². The molecule has 0 radical (unpaired) electrons. The summed E-state index contributed by atoms with van der Waals surface area (Å²) in [6.07, 6.45) is 0. The van der Waals surface area contributed by atoms with Crippen LogP contribution in [0.5, 0.6) is 0 Å². The Balaban J connectivity index is 1.94. The molecular weight excluding hydrogens is 312 g/mol. The minimum Gasteiger partial charge on any atom is -0.480 e. The van der Waals surface area contributed by atoms with Crippen molar-refractivity contribution in [2.45, 2.75) is 0 Å². The molecule has 102 valence electrons. The summed E-state index contributed by atoms with van der Waals surface area (Å²) < 4.78 is 0.878. The molecule has 1 aromatic rings. The van der Waals surface area contributed by atoms with E-state index < -0.39 is 5.97 Å². The first-order chi connectivity index (χ1) is 9.06. The number of carbonyl (C=O) groups is 2. The zero-order chi connectivity index (χ0) is 13.8. The Kier molecular flexibility index (Phi) is 4.55. The third-order valence-corrected chi connectivity index (χ3v) is 3.58. The first-order valence-corrected chi connectivity index (χ1v) is 6.84. The Morgan fingerprint density at radius 3 is 2.47 bits per heavy atom. The lowest BCUT2D eigenvalue weighted by atomic mass is 10.2. The van der Waals surface area contributed by atoms with Crippen molar-refractivity contribution in [1.29, 1.82) is 0 Å². The number of rotatable bonds is 3. The highest BCUT2D eigenvalue weighted by Crippen LogP contribution is 2.14. The van der Waals surface area contributed by atoms with Crippen LogP contribution in [0.25, 0.3) is 0 Å². The van der Waals surface area contributed by atoms with Crippen molar-refractivity contribution in [3.63, 3.8) is 0 Å². The number of amides is 1. The van der Waals surface area contributed by atoms with Gasteiger partial charge in [-0.05, 0) is 18.2 Å². The fourth-order valence-electron chi connectivity index (χ4n) is 2.10. The molecule has 1 aromatic carbocycles. The normalized spacial score (nSPS) is 16.4. The number of carboxylic acid groups (broad SMARTS) is 1. The Morgan fingerprint density at radius 1 is 1.21 bits per heavy atom. The minimum atomic E-state index is -0.827. The van der Waals surface area contributed by atoms with Gasteiger partial charge in [0.1, 0.15) is 0 Å². The second kappa shape index (κ2) is 6.16. The van der Waals surface area contributed by atoms with Crippen LogP contribution >= 0.6 is 15.9 Å². The molecule has 0 unspecified atom stereocenters. The summed E-state index contributed by atoms with van der Waals surface area (Å²) in [5.74, 6) is -0.831. The molecule has 0 bridgehead atoms. The molecule has 5 nitrogen and oxygen atoms in total. The lowest BCUT2D eigenvalue weighted by Gasteiger charge is -2.33. The van der Waals surface area contributed by atoms with E-state index in [1.165, 1.54) is 0 Å². The molecule has 0 spiro atoms. The molecule has 1 aliphatic rings. The maximum Gasteiger partial charge on any atom is 0.317 e. The monoisotopic (exact) mass is 326 g/mol. The summed E-state index contributed by atoms with van der Waals surface area (Å²) >= 11 is 3.35. The van der Waals surface area contributed by atoms with Crippen molar-refractivity contribution in [2.24, 2.45) is 0 Å². The van der Waals surface area contributed by atoms with Crippen LogP contribution in [-0.2, 0) is 4.79 Å². The molecule has 1 N–H and O–H groups in total. The third kappa shape index (κ3) is 3.78. The van der Waals surface area contributed by atoms with Crippen molar-refractivity contribution in [1.82, 2.24) is 9.80 Å². The Hall–Kier alpha value is -1.40. The lowest BCUT2D eigenvalue weighted by Crippen LogP contribution is -2.49. The van der Waals surface area contributed by atoms with Gasteiger partial charge in [-0.1, -0.05) is 22.0 Å². The second-order valence-corrected chi connectivity index (χ2v) is 5.39. The number of aliphatic carboxylic acids is 1. The molecular formula is C13H15BrN2O3. The van der Waals surface area contributed by atoms with Gasteiger partial charge in [0.25, 0.3) is 5.91 Å². The van der Waals surface area contributed by atoms with Gasteiger partial charge >= 0.3 is 5.97 Å². The number of nitrogens with zero attached hydrogens (tertiary/aromatic N) is 2. The molecule has 0 saturated carbocycles. The van der Waals surface area contributed by atoms with Gasteiger partial charge in [0.2, 0.25) is 0 Å². The molecule has 1 saturated heterocycles. The van der Waals surface area contributed by atoms with E-state index in [0.29, 0.717) is 31.7 Å². The quantitative estimate of drug-likeness (QED) is 0.909. The summed E-state index contributed by atoms with van der Waals surface area (Å²) in [5, 5.41) is 8.72. The third-order valence-electron chi connectivity index (χ3n) is 3.09. The molecule has 1 amide bonds. The molecule has 6 heteroatoms.